The monoisotopic (exact) mass is 389 g/mol. The van der Waals surface area contributed by atoms with Crippen molar-refractivity contribution in [2.75, 3.05) is 6.54 Å². The first kappa shape index (κ1) is 18.8. The van der Waals surface area contributed by atoms with Gasteiger partial charge in [-0.1, -0.05) is 24.4 Å². The van der Waals surface area contributed by atoms with Crippen LogP contribution in [0.25, 0.3) is 0 Å². The van der Waals surface area contributed by atoms with Crippen molar-refractivity contribution in [3.63, 3.8) is 0 Å². The molecule has 3 N–H and O–H groups in total. The van der Waals surface area contributed by atoms with Gasteiger partial charge in [-0.15, -0.1) is 0 Å². The highest BCUT2D eigenvalue weighted by atomic mass is 35.5. The molecule has 2 saturated carbocycles. The molecule has 0 radical (unpaired) electrons. The Morgan fingerprint density at radius 1 is 1.15 bits per heavy atom. The van der Waals surface area contributed by atoms with E-state index in [9.17, 15) is 9.59 Å². The van der Waals surface area contributed by atoms with Crippen LogP contribution in [-0.4, -0.2) is 41.4 Å². The van der Waals surface area contributed by atoms with E-state index in [0.717, 1.165) is 38.5 Å². The zero-order valence-electron chi connectivity index (χ0n) is 15.6. The molecule has 2 amide bonds. The summed E-state index contributed by atoms with van der Waals surface area (Å²) in [5.41, 5.74) is 6.47. The highest BCUT2D eigenvalue weighted by molar-refractivity contribution is 6.30. The fourth-order valence-electron chi connectivity index (χ4n) is 4.87. The molecular weight excluding hydrogens is 362 g/mol. The van der Waals surface area contributed by atoms with Gasteiger partial charge in [0.25, 0.3) is 5.91 Å². The van der Waals surface area contributed by atoms with Crippen molar-refractivity contribution in [3.05, 3.63) is 34.9 Å². The number of benzene rings is 1. The zero-order chi connectivity index (χ0) is 19.0. The van der Waals surface area contributed by atoms with Gasteiger partial charge in [0.05, 0.1) is 0 Å². The second kappa shape index (κ2) is 7.80. The summed E-state index contributed by atoms with van der Waals surface area (Å²) in [6.07, 6.45) is 7.41. The molecule has 0 aromatic heterocycles. The molecule has 3 aliphatic rings. The first-order chi connectivity index (χ1) is 13.1. The van der Waals surface area contributed by atoms with Crippen LogP contribution in [0.3, 0.4) is 0 Å². The molecule has 27 heavy (non-hydrogen) atoms. The summed E-state index contributed by atoms with van der Waals surface area (Å²) in [5.74, 6) is 0.831. The smallest absolute Gasteiger partial charge is 0.254 e. The van der Waals surface area contributed by atoms with Gasteiger partial charge in [-0.2, -0.15) is 0 Å². The molecule has 6 heteroatoms. The number of carbonyl (C=O) groups excluding carboxylic acids is 2. The third-order valence-electron chi connectivity index (χ3n) is 6.49. The van der Waals surface area contributed by atoms with Gasteiger partial charge >= 0.3 is 0 Å². The standard InChI is InChI=1S/C21H28ClN3O2/c22-16-9-7-14(8-10-16)21(27)25-18-4-2-1-3-15(18)11-19(25)20(26)24-17(12-23)13-5-6-13/h7-10,13,15,17-19H,1-6,11-12,23H2,(H,24,26). The first-order valence-electron chi connectivity index (χ1n) is 10.2. The van der Waals surface area contributed by atoms with E-state index in [1.807, 2.05) is 4.90 Å². The quantitative estimate of drug-likeness (QED) is 0.812. The minimum atomic E-state index is -0.394. The molecule has 4 rings (SSSR count). The highest BCUT2D eigenvalue weighted by Gasteiger charge is 2.48. The molecule has 1 aliphatic heterocycles. The minimum Gasteiger partial charge on any atom is -0.350 e. The number of halogens is 1. The maximum Gasteiger partial charge on any atom is 0.254 e. The number of nitrogens with one attached hydrogen (secondary N) is 1. The van der Waals surface area contributed by atoms with E-state index >= 15 is 0 Å². The second-order valence-electron chi connectivity index (χ2n) is 8.27. The van der Waals surface area contributed by atoms with Gasteiger partial charge in [-0.3, -0.25) is 9.59 Å². The molecule has 1 aromatic rings. The van der Waals surface area contributed by atoms with Crippen molar-refractivity contribution in [2.24, 2.45) is 17.6 Å². The number of fused-ring (bicyclic) bond motifs is 1. The number of hydrogen-bond acceptors (Lipinski definition) is 3. The summed E-state index contributed by atoms with van der Waals surface area (Å²) in [6.45, 7) is 0.459. The number of carbonyl (C=O) groups is 2. The molecule has 4 unspecified atom stereocenters. The van der Waals surface area contributed by atoms with Gasteiger partial charge in [0, 0.05) is 29.2 Å². The van der Waals surface area contributed by atoms with Gasteiger partial charge in [-0.05, 0) is 68.2 Å². The van der Waals surface area contributed by atoms with E-state index in [1.165, 1.54) is 6.42 Å². The molecule has 5 nitrogen and oxygen atoms in total. The van der Waals surface area contributed by atoms with Crippen LogP contribution >= 0.6 is 11.6 Å². The highest BCUT2D eigenvalue weighted by Crippen LogP contribution is 2.41. The van der Waals surface area contributed by atoms with Crippen LogP contribution in [0.15, 0.2) is 24.3 Å². The SMILES string of the molecule is NCC(NC(=O)C1CC2CCCCC2N1C(=O)c1ccc(Cl)cc1)C1CC1. The summed E-state index contributed by atoms with van der Waals surface area (Å²) >= 11 is 5.97. The third-order valence-corrected chi connectivity index (χ3v) is 6.74. The van der Waals surface area contributed by atoms with Crippen molar-refractivity contribution >= 4 is 23.4 Å². The number of rotatable bonds is 5. The van der Waals surface area contributed by atoms with Crippen LogP contribution in [0.2, 0.25) is 5.02 Å². The number of nitrogens with zero attached hydrogens (tertiary/aromatic N) is 1. The predicted molar refractivity (Wildman–Crippen MR) is 105 cm³/mol. The largest absolute Gasteiger partial charge is 0.350 e. The molecule has 146 valence electrons. The van der Waals surface area contributed by atoms with Crippen LogP contribution in [0, 0.1) is 11.8 Å². The maximum absolute atomic E-state index is 13.3. The Labute approximate surface area is 165 Å². The first-order valence-corrected chi connectivity index (χ1v) is 10.5. The third kappa shape index (κ3) is 3.85. The molecule has 2 aliphatic carbocycles. The Morgan fingerprint density at radius 3 is 2.52 bits per heavy atom. The number of nitrogens with two attached hydrogens (primary N) is 1. The number of likely N-dealkylation sites (tertiary alicyclic amines) is 1. The van der Waals surface area contributed by atoms with E-state index in [0.29, 0.717) is 29.0 Å². The summed E-state index contributed by atoms with van der Waals surface area (Å²) in [6, 6.07) is 6.77. The molecule has 4 atom stereocenters. The van der Waals surface area contributed by atoms with Gasteiger partial charge in [0.15, 0.2) is 0 Å². The Morgan fingerprint density at radius 2 is 1.85 bits per heavy atom. The van der Waals surface area contributed by atoms with Crippen LogP contribution in [0.1, 0.15) is 55.3 Å². The van der Waals surface area contributed by atoms with Gasteiger partial charge in [0.1, 0.15) is 6.04 Å². The maximum atomic E-state index is 13.3. The van der Waals surface area contributed by atoms with E-state index in [4.69, 9.17) is 17.3 Å². The minimum absolute atomic E-state index is 0.0333. The summed E-state index contributed by atoms with van der Waals surface area (Å²) in [4.78, 5) is 28.3. The average molecular weight is 390 g/mol. The lowest BCUT2D eigenvalue weighted by Gasteiger charge is -2.34. The lowest BCUT2D eigenvalue weighted by molar-refractivity contribution is -0.126. The predicted octanol–water partition coefficient (Wildman–Crippen LogP) is 2.97. The summed E-state index contributed by atoms with van der Waals surface area (Å²) in [5, 5.41) is 3.75. The van der Waals surface area contributed by atoms with E-state index < -0.39 is 6.04 Å². The van der Waals surface area contributed by atoms with Gasteiger partial charge in [-0.25, -0.2) is 0 Å². The fraction of sp³-hybridized carbons (Fsp3) is 0.619. The van der Waals surface area contributed by atoms with Crippen LogP contribution in [0.5, 0.6) is 0 Å². The van der Waals surface area contributed by atoms with Gasteiger partial charge in [0.2, 0.25) is 5.91 Å². The normalized spacial score (nSPS) is 28.5. The lowest BCUT2D eigenvalue weighted by atomic mass is 9.84. The topological polar surface area (TPSA) is 75.4 Å². The van der Waals surface area contributed by atoms with Crippen LogP contribution in [-0.2, 0) is 4.79 Å². The molecule has 0 spiro atoms. The lowest BCUT2D eigenvalue weighted by Crippen LogP contribution is -2.53. The van der Waals surface area contributed by atoms with Crippen molar-refractivity contribution in [1.29, 1.82) is 0 Å². The molecular formula is C21H28ClN3O2. The van der Waals surface area contributed by atoms with E-state index in [-0.39, 0.29) is 23.9 Å². The Hall–Kier alpha value is -1.59. The Bertz CT molecular complexity index is 704. The van der Waals surface area contributed by atoms with E-state index in [2.05, 4.69) is 5.32 Å². The molecule has 0 bridgehead atoms. The van der Waals surface area contributed by atoms with Crippen molar-refractivity contribution in [3.8, 4) is 0 Å². The number of amides is 2. The Kier molecular flexibility index (Phi) is 5.42. The second-order valence-corrected chi connectivity index (χ2v) is 8.71. The fourth-order valence-corrected chi connectivity index (χ4v) is 5.00. The van der Waals surface area contributed by atoms with Crippen molar-refractivity contribution in [1.82, 2.24) is 10.2 Å². The van der Waals surface area contributed by atoms with Crippen molar-refractivity contribution in [2.45, 2.75) is 63.1 Å². The molecule has 1 saturated heterocycles. The van der Waals surface area contributed by atoms with Crippen LogP contribution in [0.4, 0.5) is 0 Å². The molecule has 3 fully saturated rings. The zero-order valence-corrected chi connectivity index (χ0v) is 16.3. The van der Waals surface area contributed by atoms with Crippen LogP contribution < -0.4 is 11.1 Å². The number of hydrogen-bond donors (Lipinski definition) is 2. The van der Waals surface area contributed by atoms with Gasteiger partial charge < -0.3 is 16.0 Å². The Balaban J connectivity index is 1.56. The molecule has 1 aromatic carbocycles. The van der Waals surface area contributed by atoms with E-state index in [1.54, 1.807) is 24.3 Å². The molecule has 1 heterocycles. The van der Waals surface area contributed by atoms with Crippen molar-refractivity contribution < 1.29 is 9.59 Å². The average Bonchev–Trinajstić information content (AvgIpc) is 3.45. The summed E-state index contributed by atoms with van der Waals surface area (Å²) < 4.78 is 0. The summed E-state index contributed by atoms with van der Waals surface area (Å²) in [7, 11) is 0.